The Hall–Kier alpha value is -2.83. The average Bonchev–Trinajstić information content (AvgIpc) is 0.790. The smallest absolute Gasteiger partial charge is 0.220 e. The fourth-order valence-corrected chi connectivity index (χ4v) is 14.3. The highest BCUT2D eigenvalue weighted by Crippen LogP contribution is 2.31. The highest BCUT2D eigenvalue weighted by Gasteiger charge is 2.51. The lowest BCUT2D eigenvalue weighted by molar-refractivity contribution is -0.359. The largest absolute Gasteiger partial charge is 0.394 e. The number of unbranched alkanes of at least 4 members (excludes halogenated alkanes) is 47. The molecule has 104 heavy (non-hydrogen) atoms. The first-order valence-corrected chi connectivity index (χ1v) is 43.8. The first-order valence-electron chi connectivity index (χ1n) is 43.8. The average molecular weight is 1470 g/mol. The van der Waals surface area contributed by atoms with Crippen LogP contribution in [0.25, 0.3) is 0 Å². The molecule has 2 heterocycles. The van der Waals surface area contributed by atoms with E-state index < -0.39 is 86.8 Å². The summed E-state index contributed by atoms with van der Waals surface area (Å²) in [6.07, 6.45) is 86.4. The zero-order chi connectivity index (χ0) is 75.1. The standard InChI is InChI=1S/C90H163NO13/c1-3-5-7-9-11-13-15-17-19-21-23-25-27-29-31-33-35-37-38-39-40-42-44-46-48-50-52-54-56-58-60-62-64-66-68-70-72-74-82(95)91-78(77-101-89-87(100)85(98)88(81(76-93)103-89)104-90-86(99)84(97)83(96)80(75-92)102-90)79(94)73-71-69-67-65-63-61-59-57-55-53-51-49-47-45-43-41-36-34-32-30-28-26-24-22-20-18-16-14-12-10-8-6-4-2/h5,7,11,13,17,19,23,25,29,31,35,37,39-40,78-81,83-90,92-94,96-100H,3-4,6,8-10,12,14-16,18,20-22,24,26-28,30,32-34,36,38,41-77H2,1-2H3,(H,91,95)/b7-5-,13-11-,19-17-,25-23-,31-29-,37-35-,40-39-. The minimum absolute atomic E-state index is 0.203. The summed E-state index contributed by atoms with van der Waals surface area (Å²) < 4.78 is 23.0. The number of aliphatic hydroxyl groups excluding tert-OH is 8. The molecule has 1 amide bonds. The molecule has 0 aromatic carbocycles. The van der Waals surface area contributed by atoms with Crippen molar-refractivity contribution in [2.24, 2.45) is 0 Å². The molecule has 2 fully saturated rings. The van der Waals surface area contributed by atoms with Crippen LogP contribution in [-0.2, 0) is 23.7 Å². The Balaban J connectivity index is 1.57. The molecule has 0 saturated carbocycles. The summed E-state index contributed by atoms with van der Waals surface area (Å²) in [4.78, 5) is 13.4. The molecule has 0 aromatic heterocycles. The van der Waals surface area contributed by atoms with Crippen molar-refractivity contribution in [1.29, 1.82) is 0 Å². The quantitative estimate of drug-likeness (QED) is 0.0204. The van der Waals surface area contributed by atoms with Gasteiger partial charge >= 0.3 is 0 Å². The van der Waals surface area contributed by atoms with Crippen LogP contribution in [0.2, 0.25) is 0 Å². The summed E-state index contributed by atoms with van der Waals surface area (Å²) in [5, 5.41) is 88.0. The predicted molar refractivity (Wildman–Crippen MR) is 433 cm³/mol. The molecular weight excluding hydrogens is 1300 g/mol. The van der Waals surface area contributed by atoms with Gasteiger partial charge in [-0.05, 0) is 70.6 Å². The molecule has 606 valence electrons. The number of carbonyl (C=O) groups excluding carboxylic acids is 1. The molecule has 0 bridgehead atoms. The minimum atomic E-state index is -1.79. The molecule has 0 radical (unpaired) electrons. The number of ether oxygens (including phenoxy) is 4. The Labute approximate surface area is 637 Å². The highest BCUT2D eigenvalue weighted by atomic mass is 16.7. The highest BCUT2D eigenvalue weighted by molar-refractivity contribution is 5.76. The van der Waals surface area contributed by atoms with Gasteiger partial charge in [0.15, 0.2) is 12.6 Å². The van der Waals surface area contributed by atoms with Crippen LogP contribution in [0, 0.1) is 0 Å². The fraction of sp³-hybridized carbons (Fsp3) is 0.833. The number of allylic oxidation sites excluding steroid dienone is 14. The lowest BCUT2D eigenvalue weighted by atomic mass is 9.97. The van der Waals surface area contributed by atoms with E-state index in [1.54, 1.807) is 0 Å². The molecule has 0 aromatic rings. The van der Waals surface area contributed by atoms with Crippen LogP contribution < -0.4 is 5.32 Å². The molecule has 2 aliphatic heterocycles. The number of amides is 1. The predicted octanol–water partition coefficient (Wildman–Crippen LogP) is 21.0. The number of nitrogens with one attached hydrogen (secondary N) is 1. The second kappa shape index (κ2) is 73.0. The van der Waals surface area contributed by atoms with Crippen LogP contribution in [-0.4, -0.2) is 140 Å². The number of hydrogen-bond donors (Lipinski definition) is 9. The normalized spacial score (nSPS) is 21.9. The Bertz CT molecular complexity index is 2080. The monoisotopic (exact) mass is 1470 g/mol. The van der Waals surface area contributed by atoms with Crippen LogP contribution in [0.4, 0.5) is 0 Å². The third-order valence-electron chi connectivity index (χ3n) is 21.1. The van der Waals surface area contributed by atoms with Crippen molar-refractivity contribution in [2.75, 3.05) is 19.8 Å². The Morgan fingerprint density at radius 3 is 1.02 bits per heavy atom. The van der Waals surface area contributed by atoms with E-state index in [9.17, 15) is 45.6 Å². The molecule has 2 rings (SSSR count). The van der Waals surface area contributed by atoms with Gasteiger partial charge in [0.1, 0.15) is 48.8 Å². The van der Waals surface area contributed by atoms with E-state index in [1.165, 1.54) is 263 Å². The van der Waals surface area contributed by atoms with Crippen molar-refractivity contribution in [3.63, 3.8) is 0 Å². The van der Waals surface area contributed by atoms with Gasteiger partial charge in [-0.2, -0.15) is 0 Å². The van der Waals surface area contributed by atoms with Crippen molar-refractivity contribution in [3.05, 3.63) is 85.1 Å². The zero-order valence-corrected chi connectivity index (χ0v) is 66.8. The fourth-order valence-electron chi connectivity index (χ4n) is 14.3. The van der Waals surface area contributed by atoms with Gasteiger partial charge in [-0.15, -0.1) is 0 Å². The molecule has 12 atom stereocenters. The summed E-state index contributed by atoms with van der Waals surface area (Å²) in [6.45, 7) is 2.81. The maximum Gasteiger partial charge on any atom is 0.220 e. The Morgan fingerprint density at radius 2 is 0.663 bits per heavy atom. The van der Waals surface area contributed by atoms with Crippen LogP contribution >= 0.6 is 0 Å². The molecule has 2 aliphatic rings. The van der Waals surface area contributed by atoms with Gasteiger partial charge in [-0.1, -0.05) is 394 Å². The van der Waals surface area contributed by atoms with E-state index in [0.29, 0.717) is 12.8 Å². The summed E-state index contributed by atoms with van der Waals surface area (Å²) >= 11 is 0. The molecule has 14 nitrogen and oxygen atoms in total. The first kappa shape index (κ1) is 97.2. The van der Waals surface area contributed by atoms with Gasteiger partial charge in [0.25, 0.3) is 0 Å². The minimum Gasteiger partial charge on any atom is -0.394 e. The van der Waals surface area contributed by atoms with Gasteiger partial charge in [0.05, 0.1) is 32.0 Å². The number of aliphatic hydroxyl groups is 8. The maximum atomic E-state index is 13.4. The van der Waals surface area contributed by atoms with E-state index in [1.807, 2.05) is 0 Å². The van der Waals surface area contributed by atoms with E-state index >= 15 is 0 Å². The topological polar surface area (TPSA) is 228 Å². The van der Waals surface area contributed by atoms with Crippen LogP contribution in [0.15, 0.2) is 85.1 Å². The maximum absolute atomic E-state index is 13.4. The lowest BCUT2D eigenvalue weighted by Crippen LogP contribution is -2.65. The molecular formula is C90H163NO13. The van der Waals surface area contributed by atoms with Gasteiger partial charge < -0.3 is 65.1 Å². The third-order valence-corrected chi connectivity index (χ3v) is 21.1. The molecule has 0 aliphatic carbocycles. The van der Waals surface area contributed by atoms with Crippen LogP contribution in [0.1, 0.15) is 386 Å². The van der Waals surface area contributed by atoms with Crippen LogP contribution in [0.3, 0.4) is 0 Å². The summed E-state index contributed by atoms with van der Waals surface area (Å²) in [6, 6.07) is -0.835. The lowest BCUT2D eigenvalue weighted by Gasteiger charge is -2.46. The third kappa shape index (κ3) is 54.7. The van der Waals surface area contributed by atoms with Gasteiger partial charge in [-0.25, -0.2) is 0 Å². The zero-order valence-electron chi connectivity index (χ0n) is 66.8. The van der Waals surface area contributed by atoms with Crippen molar-refractivity contribution < 1.29 is 64.6 Å². The van der Waals surface area contributed by atoms with Crippen molar-refractivity contribution in [1.82, 2.24) is 5.32 Å². The second-order valence-corrected chi connectivity index (χ2v) is 30.6. The number of carbonyl (C=O) groups is 1. The van der Waals surface area contributed by atoms with Crippen molar-refractivity contribution in [2.45, 2.75) is 460 Å². The molecule has 12 unspecified atom stereocenters. The van der Waals surface area contributed by atoms with E-state index in [4.69, 9.17) is 18.9 Å². The SMILES string of the molecule is CC/C=C\C/C=C\C/C=C\C/C=C\C/C=C\C/C=C\C/C=C\CCCCCCCCCCCCCCCCCC(=O)NC(COC1OC(CO)C(OC2OC(CO)C(O)C(O)C2O)C(O)C1O)C(O)CCCCCCCCCCCCCCCCCCCCCCCCCCCCCCCCCCC. The molecule has 2 saturated heterocycles. The summed E-state index contributed by atoms with van der Waals surface area (Å²) in [5.41, 5.74) is 0. The van der Waals surface area contributed by atoms with E-state index in [-0.39, 0.29) is 12.5 Å². The summed E-state index contributed by atoms with van der Waals surface area (Å²) in [7, 11) is 0. The molecule has 14 heteroatoms. The van der Waals surface area contributed by atoms with Crippen molar-refractivity contribution in [3.8, 4) is 0 Å². The van der Waals surface area contributed by atoms with E-state index in [0.717, 1.165) is 96.3 Å². The summed E-state index contributed by atoms with van der Waals surface area (Å²) in [5.74, 6) is -0.203. The molecule has 9 N–H and O–H groups in total. The number of rotatable bonds is 74. The Kier molecular flexibility index (Phi) is 68.3. The van der Waals surface area contributed by atoms with Crippen LogP contribution in [0.5, 0.6) is 0 Å². The van der Waals surface area contributed by atoms with Gasteiger partial charge in [-0.3, -0.25) is 4.79 Å². The van der Waals surface area contributed by atoms with Gasteiger partial charge in [0.2, 0.25) is 5.91 Å². The number of hydrogen-bond acceptors (Lipinski definition) is 13. The second-order valence-electron chi connectivity index (χ2n) is 30.6. The molecule has 0 spiro atoms. The first-order chi connectivity index (χ1) is 51.1. The Morgan fingerprint density at radius 1 is 0.356 bits per heavy atom. The van der Waals surface area contributed by atoms with Gasteiger partial charge in [0, 0.05) is 6.42 Å². The van der Waals surface area contributed by atoms with Crippen molar-refractivity contribution >= 4 is 5.91 Å². The van der Waals surface area contributed by atoms with E-state index in [2.05, 4.69) is 104 Å².